The van der Waals surface area contributed by atoms with E-state index in [4.69, 9.17) is 4.74 Å². The first-order chi connectivity index (χ1) is 10.7. The second-order valence-corrected chi connectivity index (χ2v) is 6.02. The highest BCUT2D eigenvalue weighted by Gasteiger charge is 2.07. The molecule has 4 nitrogen and oxygen atoms in total. The molecule has 0 aliphatic heterocycles. The van der Waals surface area contributed by atoms with Crippen LogP contribution in [0.4, 0.5) is 0 Å². The third-order valence-electron chi connectivity index (χ3n) is 3.23. The summed E-state index contributed by atoms with van der Waals surface area (Å²) in [6.07, 6.45) is 0. The smallest absolute Gasteiger partial charge is 0.258 e. The van der Waals surface area contributed by atoms with Gasteiger partial charge in [-0.05, 0) is 30.7 Å². The van der Waals surface area contributed by atoms with Crippen LogP contribution in [-0.4, -0.2) is 17.5 Å². The number of thiazole rings is 1. The SMILES string of the molecule is Cc1ccccc1OCC(=O)NCc1nc2ccccc2s1. The molecule has 0 saturated carbocycles. The van der Waals surface area contributed by atoms with E-state index in [-0.39, 0.29) is 12.5 Å². The maximum atomic E-state index is 11.9. The summed E-state index contributed by atoms with van der Waals surface area (Å²) in [6.45, 7) is 2.39. The van der Waals surface area contributed by atoms with Crippen LogP contribution in [0.25, 0.3) is 10.2 Å². The molecule has 1 N–H and O–H groups in total. The minimum Gasteiger partial charge on any atom is -0.484 e. The number of amides is 1. The van der Waals surface area contributed by atoms with Crippen LogP contribution in [0.3, 0.4) is 0 Å². The van der Waals surface area contributed by atoms with Gasteiger partial charge in [0.05, 0.1) is 16.8 Å². The Morgan fingerprint density at radius 2 is 1.95 bits per heavy atom. The third kappa shape index (κ3) is 3.43. The minimum absolute atomic E-state index is 0.00967. The summed E-state index contributed by atoms with van der Waals surface area (Å²) in [7, 11) is 0. The van der Waals surface area contributed by atoms with Gasteiger partial charge in [-0.1, -0.05) is 30.3 Å². The molecule has 0 aliphatic carbocycles. The Bertz CT molecular complexity index is 765. The van der Waals surface area contributed by atoms with Crippen LogP contribution in [0.5, 0.6) is 5.75 Å². The standard InChI is InChI=1S/C17H16N2O2S/c1-12-6-2-4-8-14(12)21-11-16(20)18-10-17-19-13-7-3-5-9-15(13)22-17/h2-9H,10-11H2,1H3,(H,18,20). The molecule has 0 unspecified atom stereocenters. The third-order valence-corrected chi connectivity index (χ3v) is 4.26. The number of hydrogen-bond acceptors (Lipinski definition) is 4. The molecule has 1 amide bonds. The second kappa shape index (κ2) is 6.58. The maximum absolute atomic E-state index is 11.9. The zero-order valence-electron chi connectivity index (χ0n) is 12.2. The molecule has 1 heterocycles. The number of nitrogens with one attached hydrogen (secondary N) is 1. The maximum Gasteiger partial charge on any atom is 0.258 e. The van der Waals surface area contributed by atoms with Crippen LogP contribution in [0.1, 0.15) is 10.6 Å². The fourth-order valence-corrected chi connectivity index (χ4v) is 2.99. The summed E-state index contributed by atoms with van der Waals surface area (Å²) in [6, 6.07) is 15.6. The topological polar surface area (TPSA) is 51.2 Å². The van der Waals surface area contributed by atoms with Crippen molar-refractivity contribution in [3.8, 4) is 5.75 Å². The molecule has 5 heteroatoms. The molecule has 0 atom stereocenters. The molecule has 3 rings (SSSR count). The van der Waals surface area contributed by atoms with Crippen molar-refractivity contribution in [2.24, 2.45) is 0 Å². The van der Waals surface area contributed by atoms with E-state index in [1.807, 2.05) is 55.5 Å². The van der Waals surface area contributed by atoms with E-state index in [1.54, 1.807) is 11.3 Å². The Labute approximate surface area is 132 Å². The molecule has 22 heavy (non-hydrogen) atoms. The number of carbonyl (C=O) groups excluding carboxylic acids is 1. The molecule has 0 bridgehead atoms. The number of aryl methyl sites for hydroxylation is 1. The van der Waals surface area contributed by atoms with Crippen molar-refractivity contribution in [2.45, 2.75) is 13.5 Å². The van der Waals surface area contributed by atoms with Gasteiger partial charge in [-0.2, -0.15) is 0 Å². The molecular weight excluding hydrogens is 296 g/mol. The van der Waals surface area contributed by atoms with Gasteiger partial charge in [-0.15, -0.1) is 11.3 Å². The number of carbonyl (C=O) groups is 1. The molecule has 0 fully saturated rings. The van der Waals surface area contributed by atoms with Crippen LogP contribution < -0.4 is 10.1 Å². The summed E-state index contributed by atoms with van der Waals surface area (Å²) < 4.78 is 6.64. The molecular formula is C17H16N2O2S. The lowest BCUT2D eigenvalue weighted by atomic mass is 10.2. The fraction of sp³-hybridized carbons (Fsp3) is 0.176. The number of para-hydroxylation sites is 2. The number of nitrogens with zero attached hydrogens (tertiary/aromatic N) is 1. The van der Waals surface area contributed by atoms with E-state index in [0.717, 1.165) is 26.5 Å². The van der Waals surface area contributed by atoms with Crippen molar-refractivity contribution >= 4 is 27.5 Å². The van der Waals surface area contributed by atoms with Crippen LogP contribution in [0, 0.1) is 6.92 Å². The van der Waals surface area contributed by atoms with Gasteiger partial charge in [0.2, 0.25) is 0 Å². The van der Waals surface area contributed by atoms with E-state index in [1.165, 1.54) is 0 Å². The van der Waals surface area contributed by atoms with Crippen LogP contribution >= 0.6 is 11.3 Å². The van der Waals surface area contributed by atoms with E-state index in [9.17, 15) is 4.79 Å². The average Bonchev–Trinajstić information content (AvgIpc) is 2.95. The number of hydrogen-bond donors (Lipinski definition) is 1. The summed E-state index contributed by atoms with van der Waals surface area (Å²) in [4.78, 5) is 16.3. The Kier molecular flexibility index (Phi) is 4.34. The molecule has 2 aromatic carbocycles. The number of rotatable bonds is 5. The number of benzene rings is 2. The van der Waals surface area contributed by atoms with E-state index in [0.29, 0.717) is 6.54 Å². The Balaban J connectivity index is 1.53. The van der Waals surface area contributed by atoms with Gasteiger partial charge >= 0.3 is 0 Å². The van der Waals surface area contributed by atoms with Gasteiger partial charge in [0, 0.05) is 0 Å². The van der Waals surface area contributed by atoms with E-state index < -0.39 is 0 Å². The Morgan fingerprint density at radius 3 is 2.77 bits per heavy atom. The predicted octanol–water partition coefficient (Wildman–Crippen LogP) is 3.30. The molecule has 0 spiro atoms. The summed E-state index contributed by atoms with van der Waals surface area (Å²) in [5.41, 5.74) is 1.98. The predicted molar refractivity (Wildman–Crippen MR) is 88.1 cm³/mol. The second-order valence-electron chi connectivity index (χ2n) is 4.91. The highest BCUT2D eigenvalue weighted by molar-refractivity contribution is 7.18. The molecule has 3 aromatic rings. The van der Waals surface area contributed by atoms with Gasteiger partial charge < -0.3 is 10.1 Å². The largest absolute Gasteiger partial charge is 0.484 e. The number of fused-ring (bicyclic) bond motifs is 1. The van der Waals surface area contributed by atoms with Gasteiger partial charge in [0.15, 0.2) is 6.61 Å². The first kappa shape index (κ1) is 14.5. The lowest BCUT2D eigenvalue weighted by Crippen LogP contribution is -2.28. The monoisotopic (exact) mass is 312 g/mol. The molecule has 0 saturated heterocycles. The van der Waals surface area contributed by atoms with E-state index >= 15 is 0 Å². The van der Waals surface area contributed by atoms with Crippen LogP contribution in [0.2, 0.25) is 0 Å². The molecule has 0 aliphatic rings. The summed E-state index contributed by atoms with van der Waals surface area (Å²) in [5, 5.41) is 3.73. The summed E-state index contributed by atoms with van der Waals surface area (Å²) >= 11 is 1.59. The van der Waals surface area contributed by atoms with Gasteiger partial charge in [-0.3, -0.25) is 4.79 Å². The van der Waals surface area contributed by atoms with Crippen molar-refractivity contribution < 1.29 is 9.53 Å². The highest BCUT2D eigenvalue weighted by atomic mass is 32.1. The van der Waals surface area contributed by atoms with Gasteiger partial charge in [0.25, 0.3) is 5.91 Å². The Hall–Kier alpha value is -2.40. The minimum atomic E-state index is -0.150. The zero-order valence-corrected chi connectivity index (χ0v) is 13.0. The van der Waals surface area contributed by atoms with Crippen LogP contribution in [-0.2, 0) is 11.3 Å². The first-order valence-electron chi connectivity index (χ1n) is 7.02. The quantitative estimate of drug-likeness (QED) is 0.786. The average molecular weight is 312 g/mol. The first-order valence-corrected chi connectivity index (χ1v) is 7.83. The lowest BCUT2D eigenvalue weighted by molar-refractivity contribution is -0.123. The van der Waals surface area contributed by atoms with Crippen molar-refractivity contribution in [3.63, 3.8) is 0 Å². The highest BCUT2D eigenvalue weighted by Crippen LogP contribution is 2.21. The van der Waals surface area contributed by atoms with Crippen molar-refractivity contribution in [1.29, 1.82) is 0 Å². The Morgan fingerprint density at radius 1 is 1.18 bits per heavy atom. The fourth-order valence-electron chi connectivity index (χ4n) is 2.08. The molecule has 1 aromatic heterocycles. The molecule has 112 valence electrons. The van der Waals surface area contributed by atoms with Crippen LogP contribution in [0.15, 0.2) is 48.5 Å². The lowest BCUT2D eigenvalue weighted by Gasteiger charge is -2.08. The molecule has 0 radical (unpaired) electrons. The normalized spacial score (nSPS) is 10.6. The zero-order chi connectivity index (χ0) is 15.4. The number of ether oxygens (including phenoxy) is 1. The van der Waals surface area contributed by atoms with Gasteiger partial charge in [-0.25, -0.2) is 4.98 Å². The summed E-state index contributed by atoms with van der Waals surface area (Å²) in [5.74, 6) is 0.583. The van der Waals surface area contributed by atoms with Crippen molar-refractivity contribution in [1.82, 2.24) is 10.3 Å². The van der Waals surface area contributed by atoms with E-state index in [2.05, 4.69) is 10.3 Å². The van der Waals surface area contributed by atoms with Crippen molar-refractivity contribution in [2.75, 3.05) is 6.61 Å². The van der Waals surface area contributed by atoms with Crippen molar-refractivity contribution in [3.05, 3.63) is 59.1 Å². The van der Waals surface area contributed by atoms with Gasteiger partial charge in [0.1, 0.15) is 10.8 Å². The number of aromatic nitrogens is 1.